The van der Waals surface area contributed by atoms with Crippen LogP contribution in [0.3, 0.4) is 0 Å². The first kappa shape index (κ1) is 24.5. The van der Waals surface area contributed by atoms with E-state index in [0.29, 0.717) is 38.9 Å². The van der Waals surface area contributed by atoms with Gasteiger partial charge in [-0.05, 0) is 58.0 Å². The van der Waals surface area contributed by atoms with Crippen LogP contribution in [0.5, 0.6) is 6.01 Å². The van der Waals surface area contributed by atoms with Crippen molar-refractivity contribution in [3.8, 4) is 6.01 Å². The van der Waals surface area contributed by atoms with Crippen LogP contribution < -0.4 is 20.3 Å². The molecule has 3 N–H and O–H groups in total. The van der Waals surface area contributed by atoms with E-state index in [4.69, 9.17) is 19.4 Å². The van der Waals surface area contributed by atoms with Gasteiger partial charge in [-0.3, -0.25) is 9.80 Å². The van der Waals surface area contributed by atoms with Crippen LogP contribution in [0.15, 0.2) is 0 Å². The van der Waals surface area contributed by atoms with E-state index < -0.39 is 12.2 Å². The van der Waals surface area contributed by atoms with Gasteiger partial charge in [0.15, 0.2) is 0 Å². The molecule has 6 rings (SSSR count). The van der Waals surface area contributed by atoms with Crippen molar-refractivity contribution >= 4 is 18.0 Å². The predicted molar refractivity (Wildman–Crippen MR) is 134 cm³/mol. The molecule has 0 radical (unpaired) electrons. The number of aromatic nitrogens is 2. The number of piperazine rings is 1. The number of hydrogen-bond donors (Lipinski definition) is 3. The highest BCUT2D eigenvalue weighted by molar-refractivity contribution is 5.68. The van der Waals surface area contributed by atoms with Crippen molar-refractivity contribution in [1.29, 1.82) is 0 Å². The van der Waals surface area contributed by atoms with Gasteiger partial charge in [-0.15, -0.1) is 0 Å². The van der Waals surface area contributed by atoms with Crippen LogP contribution in [0.2, 0.25) is 0 Å². The van der Waals surface area contributed by atoms with Crippen molar-refractivity contribution in [2.75, 3.05) is 51.3 Å². The average molecular weight is 516 g/mol. The van der Waals surface area contributed by atoms with Crippen LogP contribution in [0.25, 0.3) is 0 Å². The predicted octanol–water partition coefficient (Wildman–Crippen LogP) is 1.19. The number of carbonyl (C=O) groups is 2. The van der Waals surface area contributed by atoms with Crippen molar-refractivity contribution in [2.24, 2.45) is 0 Å². The molecular weight excluding hydrogens is 478 g/mol. The van der Waals surface area contributed by atoms with Gasteiger partial charge in [0, 0.05) is 38.3 Å². The molecule has 0 aromatic carbocycles. The van der Waals surface area contributed by atoms with Crippen LogP contribution in [0.4, 0.5) is 15.4 Å². The maximum atomic E-state index is 11.8. The highest BCUT2D eigenvalue weighted by Crippen LogP contribution is 2.43. The van der Waals surface area contributed by atoms with E-state index in [1.165, 1.54) is 0 Å². The Morgan fingerprint density at radius 2 is 2.00 bits per heavy atom. The third-order valence-electron chi connectivity index (χ3n) is 9.01. The second kappa shape index (κ2) is 9.79. The van der Waals surface area contributed by atoms with Crippen LogP contribution in [-0.2, 0) is 17.7 Å². The summed E-state index contributed by atoms with van der Waals surface area (Å²) in [5, 5.41) is 15.6. The van der Waals surface area contributed by atoms with Gasteiger partial charge in [-0.25, -0.2) is 9.59 Å². The Labute approximate surface area is 216 Å². The lowest BCUT2D eigenvalue weighted by Gasteiger charge is -2.41. The smallest absolute Gasteiger partial charge is 0.407 e. The summed E-state index contributed by atoms with van der Waals surface area (Å²) in [6.07, 6.45) is 5.54. The number of anilines is 1. The molecule has 0 spiro atoms. The minimum Gasteiger partial charge on any atom is -0.465 e. The Kier molecular flexibility index (Phi) is 6.47. The molecule has 2 unspecified atom stereocenters. The van der Waals surface area contributed by atoms with Gasteiger partial charge in [0.05, 0.1) is 23.3 Å². The van der Waals surface area contributed by atoms with Crippen LogP contribution in [-0.4, -0.2) is 107 Å². The Balaban J connectivity index is 1.19. The monoisotopic (exact) mass is 515 g/mol. The molecule has 5 aliphatic rings. The van der Waals surface area contributed by atoms with Gasteiger partial charge in [-0.2, -0.15) is 9.97 Å². The van der Waals surface area contributed by atoms with E-state index in [9.17, 15) is 14.7 Å². The van der Waals surface area contributed by atoms with Gasteiger partial charge in [0.1, 0.15) is 19.0 Å². The number of amides is 2. The number of carboxylic acid groups (broad SMARTS) is 1. The Morgan fingerprint density at radius 3 is 2.76 bits per heavy atom. The molecular formula is C25H37N7O5. The number of alkyl carbamates (subject to hydrolysis) is 1. The molecule has 12 heteroatoms. The zero-order valence-corrected chi connectivity index (χ0v) is 21.4. The number of ether oxygens (including phenoxy) is 2. The summed E-state index contributed by atoms with van der Waals surface area (Å²) in [6.45, 7) is 4.74. The second-order valence-electron chi connectivity index (χ2n) is 11.0. The van der Waals surface area contributed by atoms with E-state index in [1.54, 1.807) is 11.9 Å². The molecule has 37 heavy (non-hydrogen) atoms. The fourth-order valence-corrected chi connectivity index (χ4v) is 7.26. The number of carbonyl (C=O) groups excluding carboxylic acids is 1. The third-order valence-corrected chi connectivity index (χ3v) is 9.01. The van der Waals surface area contributed by atoms with Crippen molar-refractivity contribution in [1.82, 2.24) is 30.4 Å². The van der Waals surface area contributed by atoms with Crippen molar-refractivity contribution in [2.45, 2.75) is 75.2 Å². The highest BCUT2D eigenvalue weighted by Gasteiger charge is 2.50. The molecule has 12 nitrogen and oxygen atoms in total. The number of nitrogens with one attached hydrogen (secondary N) is 2. The first-order valence-corrected chi connectivity index (χ1v) is 13.6. The molecule has 1 aromatic rings. The normalized spacial score (nSPS) is 30.7. The molecule has 202 valence electrons. The summed E-state index contributed by atoms with van der Waals surface area (Å²) in [5.41, 5.74) is 2.05. The molecule has 2 bridgehead atoms. The van der Waals surface area contributed by atoms with Crippen LogP contribution in [0.1, 0.15) is 49.8 Å². The fourth-order valence-electron chi connectivity index (χ4n) is 7.26. The summed E-state index contributed by atoms with van der Waals surface area (Å²) < 4.78 is 11.7. The van der Waals surface area contributed by atoms with E-state index in [-0.39, 0.29) is 23.7 Å². The number of hydrogen-bond acceptors (Lipinski definition) is 9. The first-order chi connectivity index (χ1) is 18.0. The number of fused-ring (bicyclic) bond motifs is 4. The van der Waals surface area contributed by atoms with Gasteiger partial charge in [0.25, 0.3) is 0 Å². The lowest BCUT2D eigenvalue weighted by Crippen LogP contribution is -2.56. The van der Waals surface area contributed by atoms with Crippen LogP contribution >= 0.6 is 0 Å². The molecule has 5 aliphatic heterocycles. The van der Waals surface area contributed by atoms with E-state index in [2.05, 4.69) is 20.4 Å². The molecule has 1 aromatic heterocycles. The summed E-state index contributed by atoms with van der Waals surface area (Å²) >= 11 is 0. The summed E-state index contributed by atoms with van der Waals surface area (Å²) in [4.78, 5) is 39.5. The van der Waals surface area contributed by atoms with Crippen molar-refractivity contribution < 1.29 is 24.2 Å². The van der Waals surface area contributed by atoms with E-state index >= 15 is 0 Å². The quantitative estimate of drug-likeness (QED) is 0.507. The minimum absolute atomic E-state index is 0.00585. The van der Waals surface area contributed by atoms with Gasteiger partial charge in [0.2, 0.25) is 0 Å². The molecule has 4 atom stereocenters. The average Bonchev–Trinajstić information content (AvgIpc) is 3.55. The summed E-state index contributed by atoms with van der Waals surface area (Å²) in [6, 6.07) is 0.614. The minimum atomic E-state index is -0.818. The molecule has 0 aliphatic carbocycles. The third kappa shape index (κ3) is 4.43. The lowest BCUT2D eigenvalue weighted by molar-refractivity contribution is 0.0553. The molecule has 2 amide bonds. The zero-order valence-electron chi connectivity index (χ0n) is 21.4. The molecule has 4 fully saturated rings. The molecule has 0 saturated carbocycles. The summed E-state index contributed by atoms with van der Waals surface area (Å²) in [7, 11) is 1.57. The SMILES string of the molecule is CNC(=O)OCC1CCC2(COc3nc4c(c(N5C[C@H]6CC[C@@H](C5)N6C(=O)O)n3)CCNC4)CCCN12. The maximum Gasteiger partial charge on any atom is 0.407 e. The second-order valence-corrected chi connectivity index (χ2v) is 11.0. The van der Waals surface area contributed by atoms with Crippen molar-refractivity contribution in [3.63, 3.8) is 0 Å². The lowest BCUT2D eigenvalue weighted by atomic mass is 9.95. The van der Waals surface area contributed by atoms with Crippen LogP contribution in [0, 0.1) is 0 Å². The molecule has 6 heterocycles. The fraction of sp³-hybridized carbons (Fsp3) is 0.760. The zero-order chi connectivity index (χ0) is 25.6. The maximum absolute atomic E-state index is 11.8. The van der Waals surface area contributed by atoms with E-state index in [0.717, 1.165) is 75.1 Å². The Hall–Kier alpha value is -2.86. The van der Waals surface area contributed by atoms with E-state index in [1.807, 2.05) is 0 Å². The van der Waals surface area contributed by atoms with Gasteiger partial charge < -0.3 is 30.1 Å². The Morgan fingerprint density at radius 1 is 1.19 bits per heavy atom. The van der Waals surface area contributed by atoms with Gasteiger partial charge >= 0.3 is 18.2 Å². The van der Waals surface area contributed by atoms with Gasteiger partial charge in [-0.1, -0.05) is 0 Å². The topological polar surface area (TPSA) is 132 Å². The van der Waals surface area contributed by atoms with Crippen molar-refractivity contribution in [3.05, 3.63) is 11.3 Å². The summed E-state index contributed by atoms with van der Waals surface area (Å²) in [5.74, 6) is 0.910. The molecule has 4 saturated heterocycles. The first-order valence-electron chi connectivity index (χ1n) is 13.6. The highest BCUT2D eigenvalue weighted by atomic mass is 16.5. The Bertz CT molecular complexity index is 1040. The number of rotatable bonds is 6. The largest absolute Gasteiger partial charge is 0.465 e. The number of nitrogens with zero attached hydrogens (tertiary/aromatic N) is 5. The standard InChI is InChI=1S/C25H37N7O5/c1-26-23(33)36-14-18-5-8-25(7-2-10-31(18)25)15-37-22-28-20-11-27-9-6-19(20)21(29-22)30-12-16-3-4-17(13-30)32(16)24(34)35/h16-18,27H,2-15H2,1H3,(H,26,33)(H,34,35)/t16-,17+,18?,25?.